The highest BCUT2D eigenvalue weighted by molar-refractivity contribution is 5.92. The van der Waals surface area contributed by atoms with Crippen molar-refractivity contribution in [3.63, 3.8) is 0 Å². The van der Waals surface area contributed by atoms with Crippen LogP contribution in [0.5, 0.6) is 0 Å². The first kappa shape index (κ1) is 17.1. The highest BCUT2D eigenvalue weighted by atomic mass is 16.2. The van der Waals surface area contributed by atoms with Crippen LogP contribution in [0, 0.1) is 0 Å². The number of aromatic nitrogens is 5. The maximum absolute atomic E-state index is 12.7. The van der Waals surface area contributed by atoms with Gasteiger partial charge >= 0.3 is 5.69 Å². The molecule has 2 aromatic heterocycles. The lowest BCUT2D eigenvalue weighted by Gasteiger charge is -2.32. The van der Waals surface area contributed by atoms with E-state index in [1.165, 1.54) is 11.0 Å². The van der Waals surface area contributed by atoms with Crippen molar-refractivity contribution >= 4 is 5.91 Å². The quantitative estimate of drug-likeness (QED) is 0.701. The maximum atomic E-state index is 12.7. The van der Waals surface area contributed by atoms with Gasteiger partial charge in [0, 0.05) is 32.3 Å². The van der Waals surface area contributed by atoms with E-state index in [2.05, 4.69) is 15.1 Å². The first-order chi connectivity index (χ1) is 13.1. The summed E-state index contributed by atoms with van der Waals surface area (Å²) in [6.07, 6.45) is 4.66. The fourth-order valence-electron chi connectivity index (χ4n) is 3.52. The highest BCUT2D eigenvalue weighted by Gasteiger charge is 2.30. The van der Waals surface area contributed by atoms with E-state index in [4.69, 9.17) is 0 Å². The molecule has 1 fully saturated rings. The van der Waals surface area contributed by atoms with Gasteiger partial charge in [-0.3, -0.25) is 4.79 Å². The van der Waals surface area contributed by atoms with E-state index in [9.17, 15) is 9.59 Å². The molecule has 8 nitrogen and oxygen atoms in total. The lowest BCUT2D eigenvalue weighted by molar-refractivity contribution is 0.0697. The topological polar surface area (TPSA) is 85.9 Å². The molecule has 0 unspecified atom stereocenters. The van der Waals surface area contributed by atoms with Gasteiger partial charge in [0.1, 0.15) is 17.8 Å². The Morgan fingerprint density at radius 3 is 2.74 bits per heavy atom. The Hall–Kier alpha value is -3.29. The van der Waals surface area contributed by atoms with Crippen LogP contribution < -0.4 is 5.69 Å². The molecular formula is C19H20N6O2. The summed E-state index contributed by atoms with van der Waals surface area (Å²) in [5.74, 6) is 0.555. The molecule has 138 valence electrons. The molecule has 0 N–H and O–H groups in total. The first-order valence-electron chi connectivity index (χ1n) is 8.92. The van der Waals surface area contributed by atoms with Gasteiger partial charge in [0.2, 0.25) is 0 Å². The van der Waals surface area contributed by atoms with E-state index in [0.29, 0.717) is 24.6 Å². The zero-order chi connectivity index (χ0) is 18.8. The molecule has 27 heavy (non-hydrogen) atoms. The molecule has 0 radical (unpaired) electrons. The lowest BCUT2D eigenvalue weighted by atomic mass is 9.96. The SMILES string of the molecule is Cn1nc([C@@H]2CCCN(C(=O)c3ccncn3)C2)n(-c2ccccc2)c1=O. The molecular weight excluding hydrogens is 344 g/mol. The Bertz CT molecular complexity index is 996. The number of rotatable bonds is 3. The third kappa shape index (κ3) is 3.25. The second kappa shape index (κ2) is 7.14. The van der Waals surface area contributed by atoms with Gasteiger partial charge < -0.3 is 4.90 Å². The van der Waals surface area contributed by atoms with Crippen LogP contribution in [-0.4, -0.2) is 48.2 Å². The summed E-state index contributed by atoms with van der Waals surface area (Å²) in [5.41, 5.74) is 0.979. The third-order valence-electron chi connectivity index (χ3n) is 4.84. The van der Waals surface area contributed by atoms with E-state index >= 15 is 0 Å². The summed E-state index contributed by atoms with van der Waals surface area (Å²) < 4.78 is 3.00. The van der Waals surface area contributed by atoms with Crippen molar-refractivity contribution in [2.24, 2.45) is 7.05 Å². The molecule has 8 heteroatoms. The van der Waals surface area contributed by atoms with Crippen LogP contribution >= 0.6 is 0 Å². The van der Waals surface area contributed by atoms with Crippen molar-refractivity contribution in [2.45, 2.75) is 18.8 Å². The Morgan fingerprint density at radius 2 is 2.00 bits per heavy atom. The van der Waals surface area contributed by atoms with Gasteiger partial charge in [-0.2, -0.15) is 5.10 Å². The van der Waals surface area contributed by atoms with Crippen LogP contribution in [0.25, 0.3) is 5.69 Å². The molecule has 0 bridgehead atoms. The number of carbonyl (C=O) groups is 1. The van der Waals surface area contributed by atoms with Crippen LogP contribution in [0.2, 0.25) is 0 Å². The number of carbonyl (C=O) groups excluding carboxylic acids is 1. The minimum Gasteiger partial charge on any atom is -0.337 e. The number of para-hydroxylation sites is 1. The summed E-state index contributed by atoms with van der Waals surface area (Å²) in [6.45, 7) is 1.17. The van der Waals surface area contributed by atoms with Gasteiger partial charge in [-0.1, -0.05) is 18.2 Å². The van der Waals surface area contributed by atoms with Crippen molar-refractivity contribution < 1.29 is 4.79 Å². The zero-order valence-corrected chi connectivity index (χ0v) is 15.0. The molecule has 4 rings (SSSR count). The van der Waals surface area contributed by atoms with Gasteiger partial charge in [0.05, 0.1) is 5.69 Å². The van der Waals surface area contributed by atoms with Gasteiger partial charge in [-0.05, 0) is 31.0 Å². The molecule has 1 atom stereocenters. The summed E-state index contributed by atoms with van der Waals surface area (Å²) in [4.78, 5) is 35.1. The third-order valence-corrected chi connectivity index (χ3v) is 4.84. The average molecular weight is 364 g/mol. The average Bonchev–Trinajstić information content (AvgIpc) is 3.03. The molecule has 1 amide bonds. The van der Waals surface area contributed by atoms with Crippen LogP contribution in [0.1, 0.15) is 35.1 Å². The largest absolute Gasteiger partial charge is 0.350 e. The minimum absolute atomic E-state index is 0.0151. The van der Waals surface area contributed by atoms with Crippen molar-refractivity contribution in [3.05, 3.63) is 70.9 Å². The predicted octanol–water partition coefficient (Wildman–Crippen LogP) is 1.38. The number of amides is 1. The fourth-order valence-corrected chi connectivity index (χ4v) is 3.52. The van der Waals surface area contributed by atoms with Crippen molar-refractivity contribution in [1.29, 1.82) is 0 Å². The van der Waals surface area contributed by atoms with E-state index in [1.54, 1.807) is 28.8 Å². The normalized spacial score (nSPS) is 17.1. The monoisotopic (exact) mass is 364 g/mol. The second-order valence-electron chi connectivity index (χ2n) is 6.62. The van der Waals surface area contributed by atoms with Crippen LogP contribution in [0.3, 0.4) is 0 Å². The Morgan fingerprint density at radius 1 is 1.19 bits per heavy atom. The molecule has 0 spiro atoms. The summed E-state index contributed by atoms with van der Waals surface area (Å²) in [7, 11) is 1.65. The maximum Gasteiger partial charge on any atom is 0.350 e. The summed E-state index contributed by atoms with van der Waals surface area (Å²) >= 11 is 0. The lowest BCUT2D eigenvalue weighted by Crippen LogP contribution is -2.40. The number of hydrogen-bond donors (Lipinski definition) is 0. The van der Waals surface area contributed by atoms with E-state index in [1.807, 2.05) is 30.3 Å². The number of nitrogens with zero attached hydrogens (tertiary/aromatic N) is 6. The van der Waals surface area contributed by atoms with Gasteiger partial charge in [0.15, 0.2) is 0 Å². The number of hydrogen-bond acceptors (Lipinski definition) is 5. The standard InChI is InChI=1S/C19H20N6O2/c1-23-19(27)25(15-7-3-2-4-8-15)17(22-23)14-6-5-11-24(12-14)18(26)16-9-10-20-13-21-16/h2-4,7-10,13-14H,5-6,11-12H2,1H3/t14-/m1/s1. The van der Waals surface area contributed by atoms with Crippen molar-refractivity contribution in [2.75, 3.05) is 13.1 Å². The number of aryl methyl sites for hydroxylation is 1. The number of benzene rings is 1. The van der Waals surface area contributed by atoms with Gasteiger partial charge in [0.25, 0.3) is 5.91 Å². The van der Waals surface area contributed by atoms with Gasteiger partial charge in [-0.15, -0.1) is 0 Å². The smallest absolute Gasteiger partial charge is 0.337 e. The summed E-state index contributed by atoms with van der Waals surface area (Å²) in [6, 6.07) is 11.1. The fraction of sp³-hybridized carbons (Fsp3) is 0.316. The second-order valence-corrected chi connectivity index (χ2v) is 6.62. The molecule has 1 aliphatic heterocycles. The Labute approximate surface area is 156 Å². The molecule has 3 heterocycles. The van der Waals surface area contributed by atoms with Crippen LogP contribution in [0.4, 0.5) is 0 Å². The van der Waals surface area contributed by atoms with Gasteiger partial charge in [-0.25, -0.2) is 24.0 Å². The Kier molecular flexibility index (Phi) is 4.53. The molecule has 0 saturated carbocycles. The van der Waals surface area contributed by atoms with Crippen molar-refractivity contribution in [3.8, 4) is 5.69 Å². The minimum atomic E-state index is -0.185. The number of likely N-dealkylation sites (tertiary alicyclic amines) is 1. The van der Waals surface area contributed by atoms with E-state index < -0.39 is 0 Å². The van der Waals surface area contributed by atoms with Crippen molar-refractivity contribution in [1.82, 2.24) is 29.2 Å². The number of piperidine rings is 1. The van der Waals surface area contributed by atoms with Crippen LogP contribution in [0.15, 0.2) is 53.7 Å². The predicted molar refractivity (Wildman–Crippen MR) is 98.7 cm³/mol. The molecule has 1 aromatic carbocycles. The Balaban J connectivity index is 1.66. The highest BCUT2D eigenvalue weighted by Crippen LogP contribution is 2.27. The molecule has 1 saturated heterocycles. The van der Waals surface area contributed by atoms with E-state index in [0.717, 1.165) is 18.5 Å². The zero-order valence-electron chi connectivity index (χ0n) is 15.0. The first-order valence-corrected chi connectivity index (χ1v) is 8.92. The van der Waals surface area contributed by atoms with Crippen LogP contribution in [-0.2, 0) is 7.05 Å². The molecule has 0 aliphatic carbocycles. The molecule has 3 aromatic rings. The summed E-state index contributed by atoms with van der Waals surface area (Å²) in [5, 5.41) is 4.48. The molecule has 1 aliphatic rings. The van der Waals surface area contributed by atoms with E-state index in [-0.39, 0.29) is 17.5 Å².